The van der Waals surface area contributed by atoms with Crippen molar-refractivity contribution in [1.82, 2.24) is 29.9 Å². The van der Waals surface area contributed by atoms with E-state index in [0.29, 0.717) is 12.5 Å². The third-order valence-electron chi connectivity index (χ3n) is 4.63. The molecule has 0 spiro atoms. The van der Waals surface area contributed by atoms with Crippen molar-refractivity contribution >= 4 is 17.4 Å². The van der Waals surface area contributed by atoms with Crippen molar-refractivity contribution in [3.05, 3.63) is 42.5 Å². The maximum absolute atomic E-state index is 5.68. The zero-order valence-electron chi connectivity index (χ0n) is 14.8. The van der Waals surface area contributed by atoms with Gasteiger partial charge in [-0.15, -0.1) is 0 Å². The Kier molecular flexibility index (Phi) is 4.63. The number of nitrogens with zero attached hydrogens (tertiary/aromatic N) is 6. The lowest BCUT2D eigenvalue weighted by Gasteiger charge is -2.18. The summed E-state index contributed by atoms with van der Waals surface area (Å²) in [5, 5.41) is 10.8. The minimum absolute atomic E-state index is 0.0874. The van der Waals surface area contributed by atoms with E-state index in [0.717, 1.165) is 30.1 Å². The highest BCUT2D eigenvalue weighted by atomic mass is 16.5. The van der Waals surface area contributed by atoms with E-state index in [2.05, 4.69) is 35.6 Å². The quantitative estimate of drug-likeness (QED) is 0.663. The Morgan fingerprint density at radius 3 is 3.00 bits per heavy atom. The molecule has 0 saturated carbocycles. The van der Waals surface area contributed by atoms with Crippen molar-refractivity contribution < 1.29 is 4.74 Å². The summed E-state index contributed by atoms with van der Waals surface area (Å²) in [6.45, 7) is 2.30. The van der Waals surface area contributed by atoms with Crippen LogP contribution in [0.5, 0.6) is 0 Å². The standard InChI is InChI=1S/C17H22N8O/c1-18-17-19-5-3-16(23-17)24-10-13(14(11-24)26-2)20-7-12-8-21-15-4-6-22-25(15)9-12/h3-6,8-9,13-14,20H,7,10-11H2,1-2H3,(H,18,19,23)/t13-,14+/m1/s1. The van der Waals surface area contributed by atoms with E-state index in [-0.39, 0.29) is 12.1 Å². The first-order chi connectivity index (χ1) is 12.8. The molecule has 1 aliphatic heterocycles. The number of rotatable bonds is 6. The maximum atomic E-state index is 5.68. The lowest BCUT2D eigenvalue weighted by Crippen LogP contribution is -2.39. The molecule has 3 aromatic rings. The summed E-state index contributed by atoms with van der Waals surface area (Å²) >= 11 is 0. The predicted molar refractivity (Wildman–Crippen MR) is 98.2 cm³/mol. The predicted octanol–water partition coefficient (Wildman–Crippen LogP) is 0.554. The Morgan fingerprint density at radius 1 is 1.23 bits per heavy atom. The van der Waals surface area contributed by atoms with Crippen LogP contribution >= 0.6 is 0 Å². The molecule has 136 valence electrons. The highest BCUT2D eigenvalue weighted by Gasteiger charge is 2.33. The van der Waals surface area contributed by atoms with Gasteiger partial charge in [0.05, 0.1) is 18.3 Å². The van der Waals surface area contributed by atoms with Crippen molar-refractivity contribution in [2.75, 3.05) is 37.5 Å². The van der Waals surface area contributed by atoms with Gasteiger partial charge >= 0.3 is 0 Å². The van der Waals surface area contributed by atoms with Crippen LogP contribution in [0.1, 0.15) is 5.56 Å². The van der Waals surface area contributed by atoms with Crippen LogP contribution in [-0.2, 0) is 11.3 Å². The van der Waals surface area contributed by atoms with E-state index >= 15 is 0 Å². The second-order valence-corrected chi connectivity index (χ2v) is 6.25. The van der Waals surface area contributed by atoms with Crippen LogP contribution in [0, 0.1) is 0 Å². The number of hydrogen-bond acceptors (Lipinski definition) is 8. The largest absolute Gasteiger partial charge is 0.378 e. The van der Waals surface area contributed by atoms with Crippen molar-refractivity contribution in [2.45, 2.75) is 18.7 Å². The molecule has 1 aliphatic rings. The van der Waals surface area contributed by atoms with Crippen LogP contribution in [0.25, 0.3) is 5.65 Å². The van der Waals surface area contributed by atoms with E-state index in [1.165, 1.54) is 0 Å². The Labute approximate surface area is 151 Å². The van der Waals surface area contributed by atoms with Crippen LogP contribution in [0.3, 0.4) is 0 Å². The van der Waals surface area contributed by atoms with Gasteiger partial charge in [0.25, 0.3) is 0 Å². The molecule has 0 unspecified atom stereocenters. The number of methoxy groups -OCH3 is 1. The first-order valence-electron chi connectivity index (χ1n) is 8.57. The second-order valence-electron chi connectivity index (χ2n) is 6.25. The van der Waals surface area contributed by atoms with Crippen molar-refractivity contribution in [3.63, 3.8) is 0 Å². The van der Waals surface area contributed by atoms with Crippen LogP contribution in [0.15, 0.2) is 36.9 Å². The lowest BCUT2D eigenvalue weighted by molar-refractivity contribution is 0.0966. The van der Waals surface area contributed by atoms with Gasteiger partial charge in [-0.1, -0.05) is 0 Å². The molecular formula is C17H22N8O. The number of ether oxygens (including phenoxy) is 1. The summed E-state index contributed by atoms with van der Waals surface area (Å²) < 4.78 is 7.47. The van der Waals surface area contributed by atoms with Gasteiger partial charge in [0.1, 0.15) is 5.82 Å². The van der Waals surface area contributed by atoms with Gasteiger partial charge in [0.15, 0.2) is 5.65 Å². The van der Waals surface area contributed by atoms with Crippen molar-refractivity contribution in [2.24, 2.45) is 0 Å². The molecule has 2 N–H and O–H groups in total. The minimum atomic E-state index is 0.0874. The monoisotopic (exact) mass is 354 g/mol. The fourth-order valence-electron chi connectivity index (χ4n) is 3.23. The minimum Gasteiger partial charge on any atom is -0.378 e. The Morgan fingerprint density at radius 2 is 2.15 bits per heavy atom. The van der Waals surface area contributed by atoms with Crippen molar-refractivity contribution in [3.8, 4) is 0 Å². The van der Waals surface area contributed by atoms with Gasteiger partial charge in [-0.25, -0.2) is 14.5 Å². The molecule has 0 aromatic carbocycles. The number of hydrogen-bond donors (Lipinski definition) is 2. The Hall–Kier alpha value is -2.78. The van der Waals surface area contributed by atoms with E-state index in [4.69, 9.17) is 4.74 Å². The molecule has 4 rings (SSSR count). The van der Waals surface area contributed by atoms with Gasteiger partial charge in [0.2, 0.25) is 5.95 Å². The molecule has 3 aromatic heterocycles. The summed E-state index contributed by atoms with van der Waals surface area (Å²) in [5.74, 6) is 1.52. The summed E-state index contributed by atoms with van der Waals surface area (Å²) in [5.41, 5.74) is 1.92. The SMILES string of the molecule is CNc1nccc(N2C[C@H](OC)[C@H](NCc3cnc4ccnn4c3)C2)n1. The number of anilines is 2. The van der Waals surface area contributed by atoms with Crippen LogP contribution in [0.2, 0.25) is 0 Å². The first-order valence-corrected chi connectivity index (χ1v) is 8.57. The molecular weight excluding hydrogens is 332 g/mol. The lowest BCUT2D eigenvalue weighted by atomic mass is 10.2. The molecule has 1 fully saturated rings. The topological polar surface area (TPSA) is 92.5 Å². The van der Waals surface area contributed by atoms with E-state index in [9.17, 15) is 0 Å². The molecule has 1 saturated heterocycles. The van der Waals surface area contributed by atoms with Gasteiger partial charge in [-0.2, -0.15) is 10.1 Å². The average molecular weight is 354 g/mol. The second kappa shape index (κ2) is 7.22. The molecule has 0 amide bonds. The Balaban J connectivity index is 1.43. The maximum Gasteiger partial charge on any atom is 0.224 e. The first kappa shape index (κ1) is 16.7. The summed E-state index contributed by atoms with van der Waals surface area (Å²) in [6, 6.07) is 4.00. The third kappa shape index (κ3) is 3.31. The smallest absolute Gasteiger partial charge is 0.224 e. The highest BCUT2D eigenvalue weighted by molar-refractivity contribution is 5.44. The molecule has 9 heteroatoms. The molecule has 26 heavy (non-hydrogen) atoms. The fourth-order valence-corrected chi connectivity index (χ4v) is 3.23. The molecule has 0 radical (unpaired) electrons. The summed E-state index contributed by atoms with van der Waals surface area (Å²) in [6.07, 6.45) is 7.47. The molecule has 2 atom stereocenters. The fraction of sp³-hybridized carbons (Fsp3) is 0.412. The van der Waals surface area contributed by atoms with Gasteiger partial charge in [0, 0.05) is 64.0 Å². The molecule has 0 bridgehead atoms. The van der Waals surface area contributed by atoms with E-state index < -0.39 is 0 Å². The molecule has 4 heterocycles. The average Bonchev–Trinajstić information content (AvgIpc) is 3.32. The van der Waals surface area contributed by atoms with E-state index in [1.54, 1.807) is 24.0 Å². The zero-order valence-corrected chi connectivity index (χ0v) is 14.8. The zero-order chi connectivity index (χ0) is 17.9. The van der Waals surface area contributed by atoms with E-state index in [1.807, 2.05) is 31.6 Å². The van der Waals surface area contributed by atoms with Gasteiger partial charge in [-0.05, 0) is 6.07 Å². The number of nitrogens with one attached hydrogen (secondary N) is 2. The van der Waals surface area contributed by atoms with Crippen molar-refractivity contribution in [1.29, 1.82) is 0 Å². The van der Waals surface area contributed by atoms with Crippen LogP contribution < -0.4 is 15.5 Å². The third-order valence-corrected chi connectivity index (χ3v) is 4.63. The normalized spacial score (nSPS) is 20.0. The number of aromatic nitrogens is 5. The molecule has 0 aliphatic carbocycles. The summed E-state index contributed by atoms with van der Waals surface area (Å²) in [7, 11) is 3.56. The van der Waals surface area contributed by atoms with Gasteiger partial charge < -0.3 is 20.3 Å². The Bertz CT molecular complexity index is 882. The highest BCUT2D eigenvalue weighted by Crippen LogP contribution is 2.21. The summed E-state index contributed by atoms with van der Waals surface area (Å²) in [4.78, 5) is 15.3. The molecule has 9 nitrogen and oxygen atoms in total. The van der Waals surface area contributed by atoms with Crippen LogP contribution in [-0.4, -0.2) is 64.0 Å². The van der Waals surface area contributed by atoms with Gasteiger partial charge in [-0.3, -0.25) is 0 Å². The number of fused-ring (bicyclic) bond motifs is 1. The van der Waals surface area contributed by atoms with Crippen LogP contribution in [0.4, 0.5) is 11.8 Å².